The average molecular weight is 428 g/mol. The zero-order chi connectivity index (χ0) is 21.9. The Balaban J connectivity index is 1.17. The van der Waals surface area contributed by atoms with Crippen LogP contribution in [-0.4, -0.2) is 61.9 Å². The van der Waals surface area contributed by atoms with Crippen molar-refractivity contribution in [3.8, 4) is 0 Å². The molecule has 0 radical (unpaired) electrons. The Morgan fingerprint density at radius 1 is 0.938 bits per heavy atom. The molecule has 162 valence electrons. The molecule has 5 rings (SSSR count). The predicted octanol–water partition coefficient (Wildman–Crippen LogP) is 2.07. The highest BCUT2D eigenvalue weighted by Crippen LogP contribution is 2.18. The number of piperazine rings is 1. The Kier molecular flexibility index (Phi) is 5.60. The van der Waals surface area contributed by atoms with Gasteiger partial charge in [-0.25, -0.2) is 4.68 Å². The molecule has 4 aromatic rings. The highest BCUT2D eigenvalue weighted by atomic mass is 16.2. The molecular weight excluding hydrogens is 404 g/mol. The van der Waals surface area contributed by atoms with Gasteiger partial charge in [0, 0.05) is 50.7 Å². The molecule has 0 atom stereocenters. The zero-order valence-corrected chi connectivity index (χ0v) is 17.7. The third kappa shape index (κ3) is 4.09. The van der Waals surface area contributed by atoms with E-state index in [0.717, 1.165) is 30.5 Å². The fraction of sp³-hybridized carbons (Fsp3) is 0.292. The number of aromatic nitrogens is 4. The molecule has 8 nitrogen and oxygen atoms in total. The van der Waals surface area contributed by atoms with Crippen molar-refractivity contribution < 1.29 is 4.79 Å². The molecule has 2 aromatic carbocycles. The molecule has 0 bridgehead atoms. The second kappa shape index (κ2) is 8.84. The molecule has 0 unspecified atom stereocenters. The lowest BCUT2D eigenvalue weighted by Gasteiger charge is -2.35. The van der Waals surface area contributed by atoms with Crippen molar-refractivity contribution in [2.45, 2.75) is 19.5 Å². The van der Waals surface area contributed by atoms with E-state index >= 15 is 0 Å². The second-order valence-corrected chi connectivity index (χ2v) is 8.03. The number of para-hydroxylation sites is 1. The summed E-state index contributed by atoms with van der Waals surface area (Å²) >= 11 is 0. The molecule has 0 saturated carbocycles. The van der Waals surface area contributed by atoms with Crippen LogP contribution >= 0.6 is 0 Å². The minimum Gasteiger partial charge on any atom is -0.340 e. The monoisotopic (exact) mass is 428 g/mol. The van der Waals surface area contributed by atoms with Crippen molar-refractivity contribution in [3.05, 3.63) is 76.7 Å². The Labute approximate surface area is 185 Å². The van der Waals surface area contributed by atoms with E-state index in [4.69, 9.17) is 0 Å². The van der Waals surface area contributed by atoms with Gasteiger partial charge in [0.15, 0.2) is 0 Å². The Bertz CT molecular complexity index is 1320. The van der Waals surface area contributed by atoms with Gasteiger partial charge < -0.3 is 4.90 Å². The first-order valence-electron chi connectivity index (χ1n) is 10.8. The predicted molar refractivity (Wildman–Crippen MR) is 122 cm³/mol. The van der Waals surface area contributed by atoms with Gasteiger partial charge in [-0.2, -0.15) is 0 Å². The lowest BCUT2D eigenvalue weighted by molar-refractivity contribution is -0.133. The maximum atomic E-state index is 12.7. The Hall–Kier alpha value is -3.65. The molecule has 0 spiro atoms. The van der Waals surface area contributed by atoms with Crippen LogP contribution in [0.15, 0.2) is 65.6 Å². The van der Waals surface area contributed by atoms with Gasteiger partial charge in [-0.3, -0.25) is 19.5 Å². The summed E-state index contributed by atoms with van der Waals surface area (Å²) in [7, 11) is 0. The SMILES string of the molecule is O=C(CCn1nnc2ccccc2c1=O)N1CCN(Cc2cccc3cccnc23)CC1. The summed E-state index contributed by atoms with van der Waals surface area (Å²) in [6.07, 6.45) is 2.06. The summed E-state index contributed by atoms with van der Waals surface area (Å²) in [5.41, 5.74) is 2.60. The quantitative estimate of drug-likeness (QED) is 0.484. The van der Waals surface area contributed by atoms with Gasteiger partial charge in [-0.15, -0.1) is 5.10 Å². The summed E-state index contributed by atoms with van der Waals surface area (Å²) in [6, 6.07) is 17.4. The number of amides is 1. The molecule has 1 fully saturated rings. The van der Waals surface area contributed by atoms with Gasteiger partial charge in [-0.05, 0) is 23.8 Å². The van der Waals surface area contributed by atoms with Crippen molar-refractivity contribution >= 4 is 27.7 Å². The number of hydrogen-bond donors (Lipinski definition) is 0. The molecule has 1 aliphatic rings. The van der Waals surface area contributed by atoms with Gasteiger partial charge in [0.1, 0.15) is 5.52 Å². The number of fused-ring (bicyclic) bond motifs is 2. The van der Waals surface area contributed by atoms with Crippen LogP contribution in [0.4, 0.5) is 0 Å². The maximum absolute atomic E-state index is 12.7. The van der Waals surface area contributed by atoms with Gasteiger partial charge in [0.2, 0.25) is 5.91 Å². The number of benzene rings is 2. The third-order valence-corrected chi connectivity index (χ3v) is 6.00. The van der Waals surface area contributed by atoms with Crippen molar-refractivity contribution in [1.29, 1.82) is 0 Å². The number of nitrogens with zero attached hydrogens (tertiary/aromatic N) is 6. The topological polar surface area (TPSA) is 84.2 Å². The summed E-state index contributed by atoms with van der Waals surface area (Å²) in [5, 5.41) is 9.72. The second-order valence-electron chi connectivity index (χ2n) is 8.03. The molecule has 1 saturated heterocycles. The lowest BCUT2D eigenvalue weighted by atomic mass is 10.1. The van der Waals surface area contributed by atoms with Crippen LogP contribution in [0.2, 0.25) is 0 Å². The maximum Gasteiger partial charge on any atom is 0.277 e. The number of hydrogen-bond acceptors (Lipinski definition) is 6. The lowest BCUT2D eigenvalue weighted by Crippen LogP contribution is -2.48. The summed E-state index contributed by atoms with van der Waals surface area (Å²) in [4.78, 5) is 34.0. The van der Waals surface area contributed by atoms with Crippen LogP contribution in [-0.2, 0) is 17.9 Å². The van der Waals surface area contributed by atoms with Crippen molar-refractivity contribution in [2.24, 2.45) is 0 Å². The summed E-state index contributed by atoms with van der Waals surface area (Å²) < 4.78 is 1.28. The van der Waals surface area contributed by atoms with E-state index < -0.39 is 0 Å². The van der Waals surface area contributed by atoms with Crippen LogP contribution in [0.3, 0.4) is 0 Å². The van der Waals surface area contributed by atoms with Gasteiger partial charge >= 0.3 is 0 Å². The number of carbonyl (C=O) groups excluding carboxylic acids is 1. The van der Waals surface area contributed by atoms with Gasteiger partial charge in [-0.1, -0.05) is 41.6 Å². The van der Waals surface area contributed by atoms with E-state index in [0.29, 0.717) is 24.0 Å². The molecule has 8 heteroatoms. The largest absolute Gasteiger partial charge is 0.340 e. The van der Waals surface area contributed by atoms with Crippen LogP contribution in [0, 0.1) is 0 Å². The molecule has 1 aliphatic heterocycles. The van der Waals surface area contributed by atoms with Crippen molar-refractivity contribution in [1.82, 2.24) is 29.8 Å². The smallest absolute Gasteiger partial charge is 0.277 e. The highest BCUT2D eigenvalue weighted by Gasteiger charge is 2.22. The fourth-order valence-corrected chi connectivity index (χ4v) is 4.22. The molecule has 32 heavy (non-hydrogen) atoms. The van der Waals surface area contributed by atoms with Gasteiger partial charge in [0.05, 0.1) is 17.4 Å². The van der Waals surface area contributed by atoms with Crippen LogP contribution in [0.25, 0.3) is 21.8 Å². The summed E-state index contributed by atoms with van der Waals surface area (Å²) in [5.74, 6) is 0.0401. The van der Waals surface area contributed by atoms with Crippen LogP contribution < -0.4 is 5.56 Å². The molecule has 1 amide bonds. The van der Waals surface area contributed by atoms with E-state index in [1.807, 2.05) is 23.2 Å². The number of aryl methyl sites for hydroxylation is 1. The van der Waals surface area contributed by atoms with E-state index in [1.165, 1.54) is 10.2 Å². The minimum atomic E-state index is -0.211. The Morgan fingerprint density at radius 2 is 1.75 bits per heavy atom. The Morgan fingerprint density at radius 3 is 2.62 bits per heavy atom. The first kappa shape index (κ1) is 20.3. The highest BCUT2D eigenvalue weighted by molar-refractivity contribution is 5.81. The molecule has 3 heterocycles. The van der Waals surface area contributed by atoms with E-state index in [1.54, 1.807) is 18.2 Å². The number of pyridine rings is 1. The standard InChI is InChI=1S/C24H24N6O2/c31-22(10-12-30-24(32)20-8-1-2-9-21(20)26-27-30)29-15-13-28(14-16-29)17-19-6-3-5-18-7-4-11-25-23(18)19/h1-9,11H,10,12-17H2. The fourth-order valence-electron chi connectivity index (χ4n) is 4.22. The van der Waals surface area contributed by atoms with Gasteiger partial charge in [0.25, 0.3) is 5.56 Å². The average Bonchev–Trinajstić information content (AvgIpc) is 2.84. The normalized spacial score (nSPS) is 14.8. The van der Waals surface area contributed by atoms with Crippen molar-refractivity contribution in [2.75, 3.05) is 26.2 Å². The summed E-state index contributed by atoms with van der Waals surface area (Å²) in [6.45, 7) is 4.02. The number of rotatable bonds is 5. The number of carbonyl (C=O) groups is 1. The molecular formula is C24H24N6O2. The minimum absolute atomic E-state index is 0.0401. The van der Waals surface area contributed by atoms with E-state index in [9.17, 15) is 9.59 Å². The third-order valence-electron chi connectivity index (χ3n) is 6.00. The zero-order valence-electron chi connectivity index (χ0n) is 17.7. The first-order chi connectivity index (χ1) is 15.7. The first-order valence-corrected chi connectivity index (χ1v) is 10.8. The molecule has 0 N–H and O–H groups in total. The van der Waals surface area contributed by atoms with E-state index in [2.05, 4.69) is 44.5 Å². The molecule has 0 aliphatic carbocycles. The molecule has 2 aromatic heterocycles. The van der Waals surface area contributed by atoms with Crippen LogP contribution in [0.5, 0.6) is 0 Å². The van der Waals surface area contributed by atoms with Crippen LogP contribution in [0.1, 0.15) is 12.0 Å². The van der Waals surface area contributed by atoms with E-state index in [-0.39, 0.29) is 24.4 Å². The van der Waals surface area contributed by atoms with Crippen molar-refractivity contribution in [3.63, 3.8) is 0 Å².